The van der Waals surface area contributed by atoms with Gasteiger partial charge in [0.1, 0.15) is 0 Å². The monoisotopic (exact) mass is 148 g/mol. The first-order chi connectivity index (χ1) is 5.29. The summed E-state index contributed by atoms with van der Waals surface area (Å²) < 4.78 is 0. The molecule has 1 aromatic rings. The third-order valence-corrected chi connectivity index (χ3v) is 2.46. The van der Waals surface area contributed by atoms with Crippen LogP contribution in [0.5, 0.6) is 0 Å². The number of hydrogen-bond acceptors (Lipinski definition) is 1. The smallest absolute Gasteiger partial charge is 0.0798 e. The van der Waals surface area contributed by atoms with Gasteiger partial charge in [0, 0.05) is 0 Å². The first-order valence-electron chi connectivity index (χ1n) is 4.06. The lowest BCUT2D eigenvalue weighted by molar-refractivity contribution is 0.174. The van der Waals surface area contributed by atoms with Gasteiger partial charge in [-0.25, -0.2) is 0 Å². The molecule has 0 aromatic heterocycles. The number of fused-ring (bicyclic) bond motifs is 1. The molecular formula is C10H12O. The molecule has 1 nitrogen and oxygen atoms in total. The molecule has 1 aliphatic rings. The van der Waals surface area contributed by atoms with Crippen LogP contribution >= 0.6 is 0 Å². The molecule has 0 heterocycles. The summed E-state index contributed by atoms with van der Waals surface area (Å²) in [7, 11) is 0. The lowest BCUT2D eigenvalue weighted by atomic mass is 10.0. The van der Waals surface area contributed by atoms with E-state index >= 15 is 0 Å². The molecule has 0 radical (unpaired) electrons. The minimum Gasteiger partial charge on any atom is -0.388 e. The Kier molecular flexibility index (Phi) is 1.46. The predicted octanol–water partition coefficient (Wildman–Crippen LogP) is 2.23. The number of hydrogen-bond donors (Lipinski definition) is 1. The Labute approximate surface area is 66.7 Å². The van der Waals surface area contributed by atoms with E-state index in [0.29, 0.717) is 5.92 Å². The van der Waals surface area contributed by atoms with Gasteiger partial charge in [-0.05, 0) is 23.5 Å². The Morgan fingerprint density at radius 2 is 1.91 bits per heavy atom. The van der Waals surface area contributed by atoms with Crippen LogP contribution in [0.1, 0.15) is 36.5 Å². The van der Waals surface area contributed by atoms with Gasteiger partial charge in [0.25, 0.3) is 0 Å². The summed E-state index contributed by atoms with van der Waals surface area (Å²) in [5.74, 6) is 0.529. The summed E-state index contributed by atoms with van der Waals surface area (Å²) in [4.78, 5) is 0. The van der Waals surface area contributed by atoms with E-state index in [-0.39, 0.29) is 6.10 Å². The van der Waals surface area contributed by atoms with E-state index in [1.807, 2.05) is 18.2 Å². The second-order valence-electron chi connectivity index (χ2n) is 3.28. The zero-order valence-corrected chi connectivity index (χ0v) is 6.62. The Balaban J connectivity index is 2.52. The normalized spacial score (nSPS) is 28.5. The molecule has 0 bridgehead atoms. The maximum atomic E-state index is 9.55. The van der Waals surface area contributed by atoms with Crippen molar-refractivity contribution in [2.24, 2.45) is 0 Å². The summed E-state index contributed by atoms with van der Waals surface area (Å²) in [6.45, 7) is 2.16. The minimum absolute atomic E-state index is 0.221. The minimum atomic E-state index is -0.221. The van der Waals surface area contributed by atoms with Gasteiger partial charge >= 0.3 is 0 Å². The standard InChI is InChI=1S/C10H12O/c1-7-6-10(11)9-5-3-2-4-8(7)9/h2-5,7,10-11H,6H2,1H3/t7-,10-/m1/s1. The van der Waals surface area contributed by atoms with Gasteiger partial charge in [-0.15, -0.1) is 0 Å². The highest BCUT2D eigenvalue weighted by Crippen LogP contribution is 2.39. The van der Waals surface area contributed by atoms with Crippen LogP contribution in [0.3, 0.4) is 0 Å². The third kappa shape index (κ3) is 0.962. The SMILES string of the molecule is C[C@@H]1C[C@@H](O)c2ccccc21. The number of aliphatic hydroxyl groups excluding tert-OH is 1. The van der Waals surface area contributed by atoms with E-state index in [1.54, 1.807) is 0 Å². The molecular weight excluding hydrogens is 136 g/mol. The van der Waals surface area contributed by atoms with Gasteiger partial charge in [0.05, 0.1) is 6.10 Å². The summed E-state index contributed by atoms with van der Waals surface area (Å²) in [5.41, 5.74) is 2.44. The van der Waals surface area contributed by atoms with Crippen LogP contribution < -0.4 is 0 Å². The average molecular weight is 148 g/mol. The maximum Gasteiger partial charge on any atom is 0.0798 e. The maximum absolute atomic E-state index is 9.55. The van der Waals surface area contributed by atoms with E-state index in [1.165, 1.54) is 5.56 Å². The molecule has 1 N–H and O–H groups in total. The van der Waals surface area contributed by atoms with Gasteiger partial charge in [-0.2, -0.15) is 0 Å². The van der Waals surface area contributed by atoms with Crippen molar-refractivity contribution in [1.82, 2.24) is 0 Å². The Morgan fingerprint density at radius 1 is 1.27 bits per heavy atom. The first-order valence-corrected chi connectivity index (χ1v) is 4.06. The van der Waals surface area contributed by atoms with Crippen LogP contribution in [0.15, 0.2) is 24.3 Å². The van der Waals surface area contributed by atoms with Crippen LogP contribution in [-0.2, 0) is 0 Å². The van der Waals surface area contributed by atoms with Crippen molar-refractivity contribution in [1.29, 1.82) is 0 Å². The van der Waals surface area contributed by atoms with Gasteiger partial charge in [-0.1, -0.05) is 31.2 Å². The van der Waals surface area contributed by atoms with Crippen LogP contribution in [0.4, 0.5) is 0 Å². The van der Waals surface area contributed by atoms with Gasteiger partial charge in [-0.3, -0.25) is 0 Å². The van der Waals surface area contributed by atoms with Gasteiger partial charge < -0.3 is 5.11 Å². The zero-order valence-electron chi connectivity index (χ0n) is 6.62. The largest absolute Gasteiger partial charge is 0.388 e. The summed E-state index contributed by atoms with van der Waals surface area (Å²) in [6.07, 6.45) is 0.667. The molecule has 1 heteroatoms. The Morgan fingerprint density at radius 3 is 2.55 bits per heavy atom. The molecule has 0 spiro atoms. The molecule has 1 aromatic carbocycles. The molecule has 0 aliphatic heterocycles. The van der Waals surface area contributed by atoms with Crippen molar-refractivity contribution in [2.75, 3.05) is 0 Å². The molecule has 2 atom stereocenters. The fourth-order valence-corrected chi connectivity index (χ4v) is 1.85. The molecule has 58 valence electrons. The second-order valence-corrected chi connectivity index (χ2v) is 3.28. The van der Waals surface area contributed by atoms with Gasteiger partial charge in [0.2, 0.25) is 0 Å². The van der Waals surface area contributed by atoms with Crippen molar-refractivity contribution in [3.05, 3.63) is 35.4 Å². The van der Waals surface area contributed by atoms with E-state index in [2.05, 4.69) is 13.0 Å². The van der Waals surface area contributed by atoms with Crippen LogP contribution in [0.2, 0.25) is 0 Å². The highest BCUT2D eigenvalue weighted by atomic mass is 16.3. The zero-order chi connectivity index (χ0) is 7.84. The Hall–Kier alpha value is -0.820. The predicted molar refractivity (Wildman–Crippen MR) is 44.4 cm³/mol. The summed E-state index contributed by atoms with van der Waals surface area (Å²) in [6, 6.07) is 8.15. The lowest BCUT2D eigenvalue weighted by Gasteiger charge is -2.01. The van der Waals surface area contributed by atoms with Crippen molar-refractivity contribution >= 4 is 0 Å². The molecule has 1 aliphatic carbocycles. The van der Waals surface area contributed by atoms with Crippen molar-refractivity contribution in [3.8, 4) is 0 Å². The van der Waals surface area contributed by atoms with Crippen molar-refractivity contribution < 1.29 is 5.11 Å². The lowest BCUT2D eigenvalue weighted by Crippen LogP contribution is -1.88. The molecule has 0 amide bonds. The van der Waals surface area contributed by atoms with Crippen molar-refractivity contribution in [3.63, 3.8) is 0 Å². The van der Waals surface area contributed by atoms with Crippen LogP contribution in [0, 0.1) is 0 Å². The molecule has 0 saturated heterocycles. The molecule has 11 heavy (non-hydrogen) atoms. The van der Waals surface area contributed by atoms with E-state index in [9.17, 15) is 5.11 Å². The second kappa shape index (κ2) is 2.35. The van der Waals surface area contributed by atoms with Crippen molar-refractivity contribution in [2.45, 2.75) is 25.4 Å². The van der Waals surface area contributed by atoms with Crippen LogP contribution in [0.25, 0.3) is 0 Å². The molecule has 0 unspecified atom stereocenters. The third-order valence-electron chi connectivity index (χ3n) is 2.46. The molecule has 0 fully saturated rings. The van der Waals surface area contributed by atoms with Gasteiger partial charge in [0.15, 0.2) is 0 Å². The molecule has 2 rings (SSSR count). The average Bonchev–Trinajstić information content (AvgIpc) is 2.30. The van der Waals surface area contributed by atoms with E-state index in [0.717, 1.165) is 12.0 Å². The molecule has 0 saturated carbocycles. The first kappa shape index (κ1) is 6.86. The quantitative estimate of drug-likeness (QED) is 0.598. The number of aliphatic hydroxyl groups is 1. The number of rotatable bonds is 0. The Bertz CT molecular complexity index is 240. The highest BCUT2D eigenvalue weighted by molar-refractivity contribution is 5.36. The highest BCUT2D eigenvalue weighted by Gasteiger charge is 2.25. The topological polar surface area (TPSA) is 20.2 Å². The van der Waals surface area contributed by atoms with E-state index in [4.69, 9.17) is 0 Å². The summed E-state index contributed by atoms with van der Waals surface area (Å²) in [5, 5.41) is 9.55. The fraction of sp³-hybridized carbons (Fsp3) is 0.400. The van der Waals surface area contributed by atoms with Crippen LogP contribution in [-0.4, -0.2) is 5.11 Å². The number of benzene rings is 1. The van der Waals surface area contributed by atoms with E-state index < -0.39 is 0 Å². The fourth-order valence-electron chi connectivity index (χ4n) is 1.85. The summed E-state index contributed by atoms with van der Waals surface area (Å²) >= 11 is 0.